The van der Waals surface area contributed by atoms with Gasteiger partial charge in [-0.15, -0.1) is 24.0 Å². The quantitative estimate of drug-likeness (QED) is 0.272. The highest BCUT2D eigenvalue weighted by Gasteiger charge is 2.15. The fourth-order valence-electron chi connectivity index (χ4n) is 3.34. The second-order valence-corrected chi connectivity index (χ2v) is 6.64. The molecule has 1 aliphatic rings. The van der Waals surface area contributed by atoms with Gasteiger partial charge in [-0.1, -0.05) is 42.5 Å². The van der Waals surface area contributed by atoms with Crippen LogP contribution in [0.4, 0.5) is 0 Å². The zero-order valence-electron chi connectivity index (χ0n) is 16.1. The monoisotopic (exact) mass is 483 g/mol. The van der Waals surface area contributed by atoms with Crippen molar-refractivity contribution in [1.29, 1.82) is 0 Å². The number of guanidine groups is 1. The maximum Gasteiger partial charge on any atom is 0.191 e. The van der Waals surface area contributed by atoms with Gasteiger partial charge in [0.25, 0.3) is 0 Å². The molecule has 0 saturated carbocycles. The Kier molecular flexibility index (Phi) is 9.30. The Hall–Kier alpha value is -1.38. The number of rotatable bonds is 7. The lowest BCUT2D eigenvalue weighted by Crippen LogP contribution is -2.40. The molecule has 148 valence electrons. The van der Waals surface area contributed by atoms with Gasteiger partial charge in [-0.25, -0.2) is 0 Å². The zero-order chi connectivity index (χ0) is 18.2. The molecule has 0 amide bonds. The van der Waals surface area contributed by atoms with Gasteiger partial charge in [0, 0.05) is 20.2 Å². The van der Waals surface area contributed by atoms with E-state index in [4.69, 9.17) is 9.47 Å². The van der Waals surface area contributed by atoms with Gasteiger partial charge in [0.2, 0.25) is 0 Å². The molecular formula is C21H30IN3O2. The number of hydrogen-bond donors (Lipinski definition) is 2. The summed E-state index contributed by atoms with van der Waals surface area (Å²) in [7, 11) is 1.79. The van der Waals surface area contributed by atoms with Crippen LogP contribution in [0.15, 0.2) is 47.5 Å². The van der Waals surface area contributed by atoms with Gasteiger partial charge in [-0.3, -0.25) is 4.99 Å². The van der Waals surface area contributed by atoms with Gasteiger partial charge in [0.1, 0.15) is 0 Å². The first-order valence-electron chi connectivity index (χ1n) is 9.42. The van der Waals surface area contributed by atoms with Crippen LogP contribution in [-0.4, -0.2) is 45.5 Å². The van der Waals surface area contributed by atoms with Crippen molar-refractivity contribution in [3.63, 3.8) is 0 Å². The van der Waals surface area contributed by atoms with Crippen molar-refractivity contribution in [3.8, 4) is 0 Å². The summed E-state index contributed by atoms with van der Waals surface area (Å²) < 4.78 is 11.2. The van der Waals surface area contributed by atoms with Crippen LogP contribution < -0.4 is 10.6 Å². The van der Waals surface area contributed by atoms with Crippen molar-refractivity contribution in [2.24, 2.45) is 4.99 Å². The molecule has 0 spiro atoms. The van der Waals surface area contributed by atoms with Crippen molar-refractivity contribution in [2.75, 3.05) is 33.4 Å². The number of ether oxygens (including phenoxy) is 2. The summed E-state index contributed by atoms with van der Waals surface area (Å²) in [4.78, 5) is 4.32. The molecule has 1 heterocycles. The highest BCUT2D eigenvalue weighted by Crippen LogP contribution is 2.23. The first-order valence-corrected chi connectivity index (χ1v) is 9.42. The van der Waals surface area contributed by atoms with Crippen LogP contribution in [0.5, 0.6) is 0 Å². The smallest absolute Gasteiger partial charge is 0.191 e. The number of aliphatic imine (C=N–C) groups is 1. The molecule has 1 aliphatic heterocycles. The summed E-state index contributed by atoms with van der Waals surface area (Å²) in [5.74, 6) is 0.783. The zero-order valence-corrected chi connectivity index (χ0v) is 18.4. The van der Waals surface area contributed by atoms with Gasteiger partial charge >= 0.3 is 0 Å². The maximum atomic E-state index is 5.69. The average Bonchev–Trinajstić information content (AvgIpc) is 3.19. The van der Waals surface area contributed by atoms with Crippen molar-refractivity contribution < 1.29 is 9.47 Å². The van der Waals surface area contributed by atoms with E-state index in [0.29, 0.717) is 19.8 Å². The normalized spacial score (nSPS) is 18.1. The van der Waals surface area contributed by atoms with Crippen LogP contribution in [0.25, 0.3) is 10.8 Å². The summed E-state index contributed by atoms with van der Waals surface area (Å²) in [6, 6.07) is 15.0. The first kappa shape index (κ1) is 21.9. The van der Waals surface area contributed by atoms with E-state index in [0.717, 1.165) is 25.4 Å². The predicted molar refractivity (Wildman–Crippen MR) is 122 cm³/mol. The molecule has 2 N–H and O–H groups in total. The molecule has 0 aliphatic carbocycles. The number of halogens is 1. The number of nitrogens with zero attached hydrogens (tertiary/aromatic N) is 1. The summed E-state index contributed by atoms with van der Waals surface area (Å²) in [5, 5.41) is 9.31. The number of fused-ring (bicyclic) bond motifs is 1. The molecule has 0 aromatic heterocycles. The Morgan fingerprint density at radius 3 is 2.85 bits per heavy atom. The summed E-state index contributed by atoms with van der Waals surface area (Å²) in [6.45, 7) is 5.06. The molecule has 0 bridgehead atoms. The van der Waals surface area contributed by atoms with E-state index in [9.17, 15) is 0 Å². The third-order valence-electron chi connectivity index (χ3n) is 4.73. The Bertz CT molecular complexity index is 727. The van der Waals surface area contributed by atoms with E-state index in [2.05, 4.69) is 65.0 Å². The SMILES string of the molecule is CN=C(NCCOCC1CCCO1)NC(C)c1cccc2ccccc12.I. The molecule has 1 saturated heterocycles. The van der Waals surface area contributed by atoms with Crippen LogP contribution in [0.3, 0.4) is 0 Å². The lowest BCUT2D eigenvalue weighted by Gasteiger charge is -2.20. The predicted octanol–water partition coefficient (Wildman–Crippen LogP) is 3.88. The van der Waals surface area contributed by atoms with E-state index in [-0.39, 0.29) is 36.1 Å². The van der Waals surface area contributed by atoms with Crippen LogP contribution in [0, 0.1) is 0 Å². The van der Waals surface area contributed by atoms with Crippen LogP contribution in [0.2, 0.25) is 0 Å². The first-order chi connectivity index (χ1) is 12.8. The molecule has 2 aromatic rings. The van der Waals surface area contributed by atoms with E-state index in [1.165, 1.54) is 16.3 Å². The standard InChI is InChI=1S/C21H29N3O2.HI/c1-16(19-11-5-8-17-7-3-4-10-20(17)19)24-21(22-2)23-12-14-25-15-18-9-6-13-26-18;/h3-5,7-8,10-11,16,18H,6,9,12-15H2,1-2H3,(H2,22,23,24);1H. The molecule has 2 atom stereocenters. The largest absolute Gasteiger partial charge is 0.377 e. The van der Waals surface area contributed by atoms with Crippen LogP contribution in [-0.2, 0) is 9.47 Å². The van der Waals surface area contributed by atoms with Gasteiger partial charge in [0.15, 0.2) is 5.96 Å². The van der Waals surface area contributed by atoms with Crippen LogP contribution in [0.1, 0.15) is 31.4 Å². The Balaban J connectivity index is 0.00000261. The summed E-state index contributed by atoms with van der Waals surface area (Å²) in [6.07, 6.45) is 2.53. The van der Waals surface area contributed by atoms with E-state index in [1.54, 1.807) is 7.05 Å². The van der Waals surface area contributed by atoms with Crippen molar-refractivity contribution in [3.05, 3.63) is 48.0 Å². The minimum Gasteiger partial charge on any atom is -0.377 e. The number of hydrogen-bond acceptors (Lipinski definition) is 3. The fourth-order valence-corrected chi connectivity index (χ4v) is 3.34. The molecular weight excluding hydrogens is 453 g/mol. The molecule has 2 aromatic carbocycles. The van der Waals surface area contributed by atoms with E-state index >= 15 is 0 Å². The molecule has 27 heavy (non-hydrogen) atoms. The van der Waals surface area contributed by atoms with Gasteiger partial charge in [-0.05, 0) is 36.1 Å². The van der Waals surface area contributed by atoms with Gasteiger partial charge < -0.3 is 20.1 Å². The number of nitrogens with one attached hydrogen (secondary N) is 2. The lowest BCUT2D eigenvalue weighted by molar-refractivity contribution is 0.0191. The summed E-state index contributed by atoms with van der Waals surface area (Å²) >= 11 is 0. The van der Waals surface area contributed by atoms with Crippen LogP contribution >= 0.6 is 24.0 Å². The van der Waals surface area contributed by atoms with Gasteiger partial charge in [0.05, 0.1) is 25.4 Å². The minimum absolute atomic E-state index is 0. The number of benzene rings is 2. The summed E-state index contributed by atoms with van der Waals surface area (Å²) in [5.41, 5.74) is 1.26. The Morgan fingerprint density at radius 1 is 1.26 bits per heavy atom. The Morgan fingerprint density at radius 2 is 2.07 bits per heavy atom. The third-order valence-corrected chi connectivity index (χ3v) is 4.73. The maximum absolute atomic E-state index is 5.69. The van der Waals surface area contributed by atoms with Crippen molar-refractivity contribution in [2.45, 2.75) is 31.9 Å². The average molecular weight is 483 g/mol. The topological polar surface area (TPSA) is 54.9 Å². The molecule has 5 nitrogen and oxygen atoms in total. The van der Waals surface area contributed by atoms with Gasteiger partial charge in [-0.2, -0.15) is 0 Å². The van der Waals surface area contributed by atoms with E-state index < -0.39 is 0 Å². The third kappa shape index (κ3) is 6.33. The second kappa shape index (κ2) is 11.5. The fraction of sp³-hybridized carbons (Fsp3) is 0.476. The van der Waals surface area contributed by atoms with Crippen molar-refractivity contribution >= 4 is 40.7 Å². The molecule has 2 unspecified atom stereocenters. The van der Waals surface area contributed by atoms with Crippen molar-refractivity contribution in [1.82, 2.24) is 10.6 Å². The molecule has 0 radical (unpaired) electrons. The van der Waals surface area contributed by atoms with E-state index in [1.807, 2.05) is 0 Å². The second-order valence-electron chi connectivity index (χ2n) is 6.64. The highest BCUT2D eigenvalue weighted by molar-refractivity contribution is 14.0. The Labute approximate surface area is 178 Å². The minimum atomic E-state index is 0. The lowest BCUT2D eigenvalue weighted by atomic mass is 10.00. The molecule has 1 fully saturated rings. The molecule has 6 heteroatoms. The molecule has 3 rings (SSSR count). The highest BCUT2D eigenvalue weighted by atomic mass is 127.